The highest BCUT2D eigenvalue weighted by Crippen LogP contribution is 2.18. The lowest BCUT2D eigenvalue weighted by Gasteiger charge is -2.23. The first kappa shape index (κ1) is 15.2. The van der Waals surface area contributed by atoms with E-state index in [0.29, 0.717) is 23.8 Å². The van der Waals surface area contributed by atoms with Crippen LogP contribution < -0.4 is 5.32 Å². The standard InChI is InChI=1S/C11H15ClF3N3/c1-16-4-5-18(8-11(13,14)15)7-9-2-3-10(12)17-6-9/h2-3,6,16H,4-5,7-8H2,1H3. The van der Waals surface area contributed by atoms with Gasteiger partial charge < -0.3 is 5.32 Å². The molecule has 0 aliphatic carbocycles. The molecule has 1 N–H and O–H groups in total. The fraction of sp³-hybridized carbons (Fsp3) is 0.545. The molecule has 1 rings (SSSR count). The van der Waals surface area contributed by atoms with Crippen LogP contribution in [0.2, 0.25) is 5.15 Å². The van der Waals surface area contributed by atoms with Crippen molar-refractivity contribution < 1.29 is 13.2 Å². The predicted molar refractivity (Wildman–Crippen MR) is 64.5 cm³/mol. The molecule has 0 fully saturated rings. The average molecular weight is 282 g/mol. The lowest BCUT2D eigenvalue weighted by Crippen LogP contribution is -2.37. The number of rotatable bonds is 6. The van der Waals surface area contributed by atoms with Crippen molar-refractivity contribution in [1.82, 2.24) is 15.2 Å². The third-order valence-corrected chi connectivity index (χ3v) is 2.50. The van der Waals surface area contributed by atoms with Gasteiger partial charge >= 0.3 is 6.18 Å². The molecule has 0 saturated heterocycles. The molecule has 1 heterocycles. The van der Waals surface area contributed by atoms with Gasteiger partial charge in [-0.25, -0.2) is 4.98 Å². The van der Waals surface area contributed by atoms with E-state index in [1.165, 1.54) is 11.1 Å². The second-order valence-corrected chi connectivity index (χ2v) is 4.31. The number of halogens is 4. The molecule has 102 valence electrons. The quantitative estimate of drug-likeness (QED) is 0.811. The number of nitrogens with one attached hydrogen (secondary N) is 1. The maximum atomic E-state index is 12.4. The molecule has 0 aromatic carbocycles. The monoisotopic (exact) mass is 281 g/mol. The van der Waals surface area contributed by atoms with Gasteiger partial charge in [-0.15, -0.1) is 0 Å². The van der Waals surface area contributed by atoms with Gasteiger partial charge in [0.05, 0.1) is 6.54 Å². The topological polar surface area (TPSA) is 28.2 Å². The zero-order valence-corrected chi connectivity index (χ0v) is 10.7. The van der Waals surface area contributed by atoms with Gasteiger partial charge in [-0.2, -0.15) is 13.2 Å². The molecule has 18 heavy (non-hydrogen) atoms. The third-order valence-electron chi connectivity index (χ3n) is 2.28. The first-order valence-electron chi connectivity index (χ1n) is 5.45. The van der Waals surface area contributed by atoms with Crippen molar-refractivity contribution in [2.75, 3.05) is 26.7 Å². The van der Waals surface area contributed by atoms with Crippen molar-refractivity contribution in [2.24, 2.45) is 0 Å². The molecule has 7 heteroatoms. The van der Waals surface area contributed by atoms with Gasteiger partial charge in [-0.1, -0.05) is 17.7 Å². The Balaban J connectivity index is 2.62. The maximum absolute atomic E-state index is 12.4. The van der Waals surface area contributed by atoms with Crippen molar-refractivity contribution in [1.29, 1.82) is 0 Å². The lowest BCUT2D eigenvalue weighted by molar-refractivity contribution is -0.146. The molecule has 1 aromatic heterocycles. The summed E-state index contributed by atoms with van der Waals surface area (Å²) in [5, 5.41) is 3.16. The number of hydrogen-bond acceptors (Lipinski definition) is 3. The molecule has 0 spiro atoms. The van der Waals surface area contributed by atoms with Gasteiger partial charge in [0.2, 0.25) is 0 Å². The van der Waals surface area contributed by atoms with Crippen molar-refractivity contribution in [3.63, 3.8) is 0 Å². The molecule has 0 amide bonds. The van der Waals surface area contributed by atoms with E-state index in [9.17, 15) is 13.2 Å². The Labute approximate surface area is 109 Å². The molecule has 1 aromatic rings. The number of likely N-dealkylation sites (N-methyl/N-ethyl adjacent to an activating group) is 1. The molecule has 0 aliphatic heterocycles. The smallest absolute Gasteiger partial charge is 0.318 e. The molecule has 0 bridgehead atoms. The lowest BCUT2D eigenvalue weighted by atomic mass is 10.2. The second kappa shape index (κ2) is 6.92. The van der Waals surface area contributed by atoms with Gasteiger partial charge in [-0.3, -0.25) is 4.90 Å². The molecule has 0 unspecified atom stereocenters. The SMILES string of the molecule is CNCCN(Cc1ccc(Cl)nc1)CC(F)(F)F. The van der Waals surface area contributed by atoms with Gasteiger partial charge in [0, 0.05) is 25.8 Å². The van der Waals surface area contributed by atoms with Gasteiger partial charge in [0.25, 0.3) is 0 Å². The zero-order chi connectivity index (χ0) is 13.6. The Morgan fingerprint density at radius 1 is 1.39 bits per heavy atom. The summed E-state index contributed by atoms with van der Waals surface area (Å²) in [5.74, 6) is 0. The first-order valence-corrected chi connectivity index (χ1v) is 5.82. The van der Waals surface area contributed by atoms with E-state index in [0.717, 1.165) is 0 Å². The number of pyridine rings is 1. The summed E-state index contributed by atoms with van der Waals surface area (Å²) in [5.41, 5.74) is 0.708. The Kier molecular flexibility index (Phi) is 5.84. The summed E-state index contributed by atoms with van der Waals surface area (Å²) in [6.07, 6.45) is -2.71. The van der Waals surface area contributed by atoms with Crippen LogP contribution in [0.4, 0.5) is 13.2 Å². The normalized spacial score (nSPS) is 12.1. The summed E-state index contributed by atoms with van der Waals surface area (Å²) < 4.78 is 37.2. The highest BCUT2D eigenvalue weighted by atomic mass is 35.5. The summed E-state index contributed by atoms with van der Waals surface area (Å²) in [6.45, 7) is 0.0817. The molecule has 0 atom stereocenters. The fourth-order valence-electron chi connectivity index (χ4n) is 1.50. The minimum Gasteiger partial charge on any atom is -0.318 e. The number of hydrogen-bond donors (Lipinski definition) is 1. The Hall–Kier alpha value is -0.850. The highest BCUT2D eigenvalue weighted by Gasteiger charge is 2.30. The molecule has 0 aliphatic rings. The van der Waals surface area contributed by atoms with Crippen LogP contribution in [0.5, 0.6) is 0 Å². The maximum Gasteiger partial charge on any atom is 0.401 e. The van der Waals surface area contributed by atoms with Crippen molar-refractivity contribution in [2.45, 2.75) is 12.7 Å². The molecule has 3 nitrogen and oxygen atoms in total. The highest BCUT2D eigenvalue weighted by molar-refractivity contribution is 6.29. The Morgan fingerprint density at radius 2 is 2.11 bits per heavy atom. The van der Waals surface area contributed by atoms with E-state index in [1.807, 2.05) is 0 Å². The molecular weight excluding hydrogens is 267 g/mol. The second-order valence-electron chi connectivity index (χ2n) is 3.92. The van der Waals surface area contributed by atoms with Crippen LogP contribution in [0, 0.1) is 0 Å². The number of aromatic nitrogens is 1. The third kappa shape index (κ3) is 6.18. The summed E-state index contributed by atoms with van der Waals surface area (Å²) in [6, 6.07) is 3.25. The molecular formula is C11H15ClF3N3. The average Bonchev–Trinajstić information content (AvgIpc) is 2.27. The van der Waals surface area contributed by atoms with Crippen LogP contribution in [-0.2, 0) is 6.54 Å². The van der Waals surface area contributed by atoms with Crippen LogP contribution in [0.25, 0.3) is 0 Å². The summed E-state index contributed by atoms with van der Waals surface area (Å²) >= 11 is 5.62. The zero-order valence-electron chi connectivity index (χ0n) is 9.97. The summed E-state index contributed by atoms with van der Waals surface area (Å²) in [7, 11) is 1.70. The van der Waals surface area contributed by atoms with Crippen LogP contribution in [-0.4, -0.2) is 42.7 Å². The van der Waals surface area contributed by atoms with Crippen LogP contribution >= 0.6 is 11.6 Å². The first-order chi connectivity index (χ1) is 8.40. The van der Waals surface area contributed by atoms with E-state index in [2.05, 4.69) is 10.3 Å². The van der Waals surface area contributed by atoms with E-state index < -0.39 is 12.7 Å². The van der Waals surface area contributed by atoms with Crippen molar-refractivity contribution >= 4 is 11.6 Å². The van der Waals surface area contributed by atoms with E-state index in [4.69, 9.17) is 11.6 Å². The van der Waals surface area contributed by atoms with Crippen LogP contribution in [0.15, 0.2) is 18.3 Å². The van der Waals surface area contributed by atoms with E-state index >= 15 is 0 Å². The summed E-state index contributed by atoms with van der Waals surface area (Å²) in [4.78, 5) is 5.17. The van der Waals surface area contributed by atoms with E-state index in [-0.39, 0.29) is 6.54 Å². The van der Waals surface area contributed by atoms with Gasteiger partial charge in [0.1, 0.15) is 5.15 Å². The Bertz CT molecular complexity index is 354. The van der Waals surface area contributed by atoms with Gasteiger partial charge in [-0.05, 0) is 18.7 Å². The van der Waals surface area contributed by atoms with E-state index in [1.54, 1.807) is 19.2 Å². The van der Waals surface area contributed by atoms with Crippen molar-refractivity contribution in [3.8, 4) is 0 Å². The largest absolute Gasteiger partial charge is 0.401 e. The number of nitrogens with zero attached hydrogens (tertiary/aromatic N) is 2. The molecule has 0 radical (unpaired) electrons. The minimum absolute atomic E-state index is 0.200. The van der Waals surface area contributed by atoms with Crippen molar-refractivity contribution in [3.05, 3.63) is 29.0 Å². The molecule has 0 saturated carbocycles. The fourth-order valence-corrected chi connectivity index (χ4v) is 1.61. The predicted octanol–water partition coefficient (Wildman–Crippen LogP) is 2.32. The Morgan fingerprint density at radius 3 is 2.61 bits per heavy atom. The van der Waals surface area contributed by atoms with Crippen LogP contribution in [0.1, 0.15) is 5.56 Å². The number of alkyl halides is 3. The van der Waals surface area contributed by atoms with Crippen LogP contribution in [0.3, 0.4) is 0 Å². The van der Waals surface area contributed by atoms with Gasteiger partial charge in [0.15, 0.2) is 0 Å². The minimum atomic E-state index is -4.20.